The van der Waals surface area contributed by atoms with Crippen LogP contribution in [0.1, 0.15) is 17.9 Å². The summed E-state index contributed by atoms with van der Waals surface area (Å²) >= 11 is 0. The van der Waals surface area contributed by atoms with E-state index in [4.69, 9.17) is 0 Å². The molecule has 0 N–H and O–H groups in total. The van der Waals surface area contributed by atoms with E-state index >= 15 is 0 Å². The number of hydrogen-bond donors (Lipinski definition) is 0. The zero-order valence-electron chi connectivity index (χ0n) is 11.4. The molecule has 1 atom stereocenters. The summed E-state index contributed by atoms with van der Waals surface area (Å²) < 4.78 is 39.7. The molecule has 0 aliphatic carbocycles. The van der Waals surface area contributed by atoms with Crippen LogP contribution in [-0.4, -0.2) is 25.8 Å². The molecule has 5 heteroatoms. The van der Waals surface area contributed by atoms with E-state index in [1.807, 2.05) is 30.3 Å². The summed E-state index contributed by atoms with van der Waals surface area (Å²) in [5, 5.41) is 0. The van der Waals surface area contributed by atoms with Crippen molar-refractivity contribution in [3.8, 4) is 0 Å². The van der Waals surface area contributed by atoms with Gasteiger partial charge in [-0.1, -0.05) is 36.4 Å². The van der Waals surface area contributed by atoms with E-state index in [-0.39, 0.29) is 10.8 Å². The van der Waals surface area contributed by atoms with E-state index < -0.39 is 15.8 Å². The summed E-state index contributed by atoms with van der Waals surface area (Å²) in [4.78, 5) is 0.0243. The molecule has 1 fully saturated rings. The Morgan fingerprint density at radius 1 is 1.05 bits per heavy atom. The van der Waals surface area contributed by atoms with Crippen LogP contribution in [0.2, 0.25) is 0 Å². The lowest BCUT2D eigenvalue weighted by Crippen LogP contribution is -2.28. The number of rotatable bonds is 3. The summed E-state index contributed by atoms with van der Waals surface area (Å²) in [6.07, 6.45) is 0.790. The molecule has 2 aromatic carbocycles. The van der Waals surface area contributed by atoms with Crippen molar-refractivity contribution in [1.82, 2.24) is 4.31 Å². The minimum atomic E-state index is -3.61. The fourth-order valence-electron chi connectivity index (χ4n) is 2.72. The Morgan fingerprint density at radius 2 is 1.81 bits per heavy atom. The first-order chi connectivity index (χ1) is 10.1. The third-order valence-electron chi connectivity index (χ3n) is 3.86. The molecular formula is C16H16FNO2S. The second-order valence-electron chi connectivity index (χ2n) is 5.22. The second-order valence-corrected chi connectivity index (χ2v) is 7.15. The first-order valence-electron chi connectivity index (χ1n) is 6.88. The minimum Gasteiger partial charge on any atom is -0.207 e. The normalized spacial score (nSPS) is 19.8. The van der Waals surface area contributed by atoms with Crippen molar-refractivity contribution in [2.45, 2.75) is 17.2 Å². The maximum atomic E-state index is 13.2. The first kappa shape index (κ1) is 14.2. The topological polar surface area (TPSA) is 37.4 Å². The van der Waals surface area contributed by atoms with Crippen molar-refractivity contribution < 1.29 is 12.8 Å². The summed E-state index contributed by atoms with van der Waals surface area (Å²) in [6.45, 7) is 0.918. The molecule has 1 aliphatic heterocycles. The summed E-state index contributed by atoms with van der Waals surface area (Å²) in [5.41, 5.74) is 1.15. The van der Waals surface area contributed by atoms with E-state index in [1.165, 1.54) is 22.5 Å². The maximum Gasteiger partial charge on any atom is 0.243 e. The Balaban J connectivity index is 1.83. The number of hydrogen-bond acceptors (Lipinski definition) is 2. The summed E-state index contributed by atoms with van der Waals surface area (Å²) in [6, 6.07) is 15.1. The van der Waals surface area contributed by atoms with Crippen LogP contribution in [0.3, 0.4) is 0 Å². The van der Waals surface area contributed by atoms with Crippen molar-refractivity contribution in [1.29, 1.82) is 0 Å². The number of halogens is 1. The van der Waals surface area contributed by atoms with Gasteiger partial charge in [-0.3, -0.25) is 0 Å². The number of nitrogens with zero attached hydrogens (tertiary/aromatic N) is 1. The van der Waals surface area contributed by atoms with Crippen LogP contribution < -0.4 is 0 Å². The van der Waals surface area contributed by atoms with Crippen LogP contribution in [0.5, 0.6) is 0 Å². The molecular weight excluding hydrogens is 289 g/mol. The number of sulfonamides is 1. The van der Waals surface area contributed by atoms with E-state index in [0.29, 0.717) is 13.1 Å². The van der Waals surface area contributed by atoms with Gasteiger partial charge < -0.3 is 0 Å². The van der Waals surface area contributed by atoms with Gasteiger partial charge in [0, 0.05) is 13.1 Å². The average Bonchev–Trinajstić information content (AvgIpc) is 2.99. The third-order valence-corrected chi connectivity index (χ3v) is 5.72. The van der Waals surface area contributed by atoms with E-state index in [9.17, 15) is 12.8 Å². The van der Waals surface area contributed by atoms with Crippen LogP contribution >= 0.6 is 0 Å². The average molecular weight is 305 g/mol. The van der Waals surface area contributed by atoms with Gasteiger partial charge in [0.2, 0.25) is 10.0 Å². The molecule has 0 spiro atoms. The quantitative estimate of drug-likeness (QED) is 0.874. The van der Waals surface area contributed by atoms with Gasteiger partial charge in [-0.25, -0.2) is 12.8 Å². The van der Waals surface area contributed by atoms with Crippen LogP contribution in [0, 0.1) is 5.82 Å². The SMILES string of the molecule is O=S(=O)(c1cccc(F)c1)N1CCC(c2ccccc2)C1. The van der Waals surface area contributed by atoms with Gasteiger partial charge in [0.25, 0.3) is 0 Å². The third kappa shape index (κ3) is 2.84. The van der Waals surface area contributed by atoms with Crippen LogP contribution in [-0.2, 0) is 10.0 Å². The van der Waals surface area contributed by atoms with Gasteiger partial charge in [-0.05, 0) is 36.1 Å². The van der Waals surface area contributed by atoms with Crippen molar-refractivity contribution in [3.63, 3.8) is 0 Å². The van der Waals surface area contributed by atoms with Crippen LogP contribution in [0.4, 0.5) is 4.39 Å². The van der Waals surface area contributed by atoms with Crippen molar-refractivity contribution in [3.05, 3.63) is 66.0 Å². The minimum absolute atomic E-state index is 0.0243. The Kier molecular flexibility index (Phi) is 3.78. The van der Waals surface area contributed by atoms with Gasteiger partial charge in [0.1, 0.15) is 5.82 Å². The molecule has 0 aromatic heterocycles. The molecule has 110 valence electrons. The lowest BCUT2D eigenvalue weighted by atomic mass is 9.99. The number of benzene rings is 2. The Morgan fingerprint density at radius 3 is 2.52 bits per heavy atom. The van der Waals surface area contributed by atoms with Crippen molar-refractivity contribution >= 4 is 10.0 Å². The molecule has 1 heterocycles. The second kappa shape index (κ2) is 5.58. The van der Waals surface area contributed by atoms with Gasteiger partial charge >= 0.3 is 0 Å². The summed E-state index contributed by atoms with van der Waals surface area (Å²) in [7, 11) is -3.61. The Bertz CT molecular complexity index is 731. The van der Waals surface area contributed by atoms with Crippen molar-refractivity contribution in [2.75, 3.05) is 13.1 Å². The molecule has 21 heavy (non-hydrogen) atoms. The zero-order chi connectivity index (χ0) is 14.9. The predicted octanol–water partition coefficient (Wildman–Crippen LogP) is 3.00. The Hall–Kier alpha value is -1.72. The first-order valence-corrected chi connectivity index (χ1v) is 8.32. The van der Waals surface area contributed by atoms with Gasteiger partial charge in [-0.15, -0.1) is 0 Å². The highest BCUT2D eigenvalue weighted by Gasteiger charge is 2.33. The molecule has 1 aliphatic rings. The maximum absolute atomic E-state index is 13.2. The molecule has 3 rings (SSSR count). The van der Waals surface area contributed by atoms with E-state index in [2.05, 4.69) is 0 Å². The molecule has 3 nitrogen and oxygen atoms in total. The molecule has 0 radical (unpaired) electrons. The zero-order valence-corrected chi connectivity index (χ0v) is 12.3. The molecule has 1 unspecified atom stereocenters. The smallest absolute Gasteiger partial charge is 0.207 e. The lowest BCUT2D eigenvalue weighted by Gasteiger charge is -2.17. The standard InChI is InChI=1S/C16H16FNO2S/c17-15-7-4-8-16(11-15)21(19,20)18-10-9-14(12-18)13-5-2-1-3-6-13/h1-8,11,14H,9-10,12H2. The summed E-state index contributed by atoms with van der Waals surface area (Å²) in [5.74, 6) is -0.329. The highest BCUT2D eigenvalue weighted by Crippen LogP contribution is 2.30. The molecule has 2 aromatic rings. The predicted molar refractivity (Wildman–Crippen MR) is 79.0 cm³/mol. The van der Waals surface area contributed by atoms with E-state index in [1.54, 1.807) is 0 Å². The monoisotopic (exact) mass is 305 g/mol. The fraction of sp³-hybridized carbons (Fsp3) is 0.250. The van der Waals surface area contributed by atoms with Gasteiger partial charge in [0.05, 0.1) is 4.90 Å². The molecule has 0 bridgehead atoms. The Labute approximate surface area is 124 Å². The highest BCUT2D eigenvalue weighted by molar-refractivity contribution is 7.89. The molecule has 1 saturated heterocycles. The van der Waals surface area contributed by atoms with Gasteiger partial charge in [0.15, 0.2) is 0 Å². The molecule has 0 saturated carbocycles. The van der Waals surface area contributed by atoms with Crippen molar-refractivity contribution in [2.24, 2.45) is 0 Å². The van der Waals surface area contributed by atoms with E-state index in [0.717, 1.165) is 18.1 Å². The molecule has 0 amide bonds. The van der Waals surface area contributed by atoms with Crippen LogP contribution in [0.15, 0.2) is 59.5 Å². The largest absolute Gasteiger partial charge is 0.243 e. The fourth-order valence-corrected chi connectivity index (χ4v) is 4.25. The van der Waals surface area contributed by atoms with Crippen LogP contribution in [0.25, 0.3) is 0 Å². The lowest BCUT2D eigenvalue weighted by molar-refractivity contribution is 0.472. The highest BCUT2D eigenvalue weighted by atomic mass is 32.2. The van der Waals surface area contributed by atoms with Gasteiger partial charge in [-0.2, -0.15) is 4.31 Å².